The second-order valence-electron chi connectivity index (χ2n) is 4.75. The van der Waals surface area contributed by atoms with Gasteiger partial charge in [-0.1, -0.05) is 0 Å². The molecule has 0 aromatic heterocycles. The minimum absolute atomic E-state index is 0.138. The molecule has 0 radical (unpaired) electrons. The molecule has 0 amide bonds. The third kappa shape index (κ3) is 10.8. The Morgan fingerprint density at radius 2 is 0.938 bits per heavy atom. The van der Waals surface area contributed by atoms with E-state index in [1.807, 2.05) is 20.8 Å². The van der Waals surface area contributed by atoms with Crippen molar-refractivity contribution >= 4 is 7.92 Å². The number of aliphatic hydroxyl groups is 3. The Hall–Kier alpha value is 0.310. The summed E-state index contributed by atoms with van der Waals surface area (Å²) in [7, 11) is -0.138. The van der Waals surface area contributed by atoms with Crippen LogP contribution in [0.15, 0.2) is 0 Å². The second-order valence-corrected chi connectivity index (χ2v) is 7.44. The van der Waals surface area contributed by atoms with Gasteiger partial charge in [-0.15, -0.1) is 7.92 Å². The molecule has 3 atom stereocenters. The molecule has 3 N–H and O–H groups in total. The third-order valence-electron chi connectivity index (χ3n) is 2.59. The van der Waals surface area contributed by atoms with E-state index in [2.05, 4.69) is 0 Å². The zero-order chi connectivity index (χ0) is 12.6. The van der Waals surface area contributed by atoms with Gasteiger partial charge in [0, 0.05) is 0 Å². The average molecular weight is 250 g/mol. The number of hydrogen-bond donors (Lipinski definition) is 3. The van der Waals surface area contributed by atoms with Crippen molar-refractivity contribution in [2.24, 2.45) is 0 Å². The molecule has 0 aliphatic heterocycles. The van der Waals surface area contributed by atoms with Gasteiger partial charge >= 0.3 is 0 Å². The van der Waals surface area contributed by atoms with Crippen molar-refractivity contribution in [3.8, 4) is 0 Å². The van der Waals surface area contributed by atoms with Crippen LogP contribution in [0.4, 0.5) is 0 Å². The molecule has 4 heteroatoms. The second kappa shape index (κ2) is 9.35. The van der Waals surface area contributed by atoms with Crippen LogP contribution >= 0.6 is 7.92 Å². The maximum absolute atomic E-state index is 9.27. The Labute approximate surface area is 101 Å². The molecule has 0 heterocycles. The van der Waals surface area contributed by atoms with E-state index in [-0.39, 0.29) is 26.2 Å². The molecule has 0 rings (SSSR count). The highest BCUT2D eigenvalue weighted by Crippen LogP contribution is 2.38. The van der Waals surface area contributed by atoms with E-state index in [4.69, 9.17) is 0 Å². The zero-order valence-corrected chi connectivity index (χ0v) is 11.7. The van der Waals surface area contributed by atoms with E-state index in [0.29, 0.717) is 0 Å². The first kappa shape index (κ1) is 16.3. The molecule has 0 saturated heterocycles. The predicted octanol–water partition coefficient (Wildman–Crippen LogP) is 1.78. The van der Waals surface area contributed by atoms with Crippen LogP contribution in [0.5, 0.6) is 0 Å². The lowest BCUT2D eigenvalue weighted by Gasteiger charge is -2.20. The van der Waals surface area contributed by atoms with Crippen LogP contribution in [-0.4, -0.2) is 52.1 Å². The molecule has 0 saturated carbocycles. The topological polar surface area (TPSA) is 60.7 Å². The Bertz CT molecular complexity index is 132. The van der Waals surface area contributed by atoms with Crippen LogP contribution in [0, 0.1) is 0 Å². The molecular formula is C12H27O3P. The Balaban J connectivity index is 3.85. The fourth-order valence-corrected chi connectivity index (χ4v) is 4.33. The molecule has 0 bridgehead atoms. The smallest absolute Gasteiger partial charge is 0.0515 e. The van der Waals surface area contributed by atoms with Crippen LogP contribution < -0.4 is 0 Å². The highest BCUT2D eigenvalue weighted by molar-refractivity contribution is 7.57. The van der Waals surface area contributed by atoms with Gasteiger partial charge in [-0.2, -0.15) is 0 Å². The summed E-state index contributed by atoms with van der Waals surface area (Å²) in [5.74, 6) is 0. The quantitative estimate of drug-likeness (QED) is 0.547. The summed E-state index contributed by atoms with van der Waals surface area (Å²) in [5.41, 5.74) is 0. The van der Waals surface area contributed by atoms with Gasteiger partial charge in [0.2, 0.25) is 0 Å². The maximum Gasteiger partial charge on any atom is 0.0515 e. The van der Waals surface area contributed by atoms with Crippen LogP contribution in [0.1, 0.15) is 40.0 Å². The Morgan fingerprint density at radius 3 is 1.12 bits per heavy atom. The van der Waals surface area contributed by atoms with E-state index in [9.17, 15) is 15.3 Å². The van der Waals surface area contributed by atoms with Gasteiger partial charge in [-0.3, -0.25) is 0 Å². The van der Waals surface area contributed by atoms with Gasteiger partial charge in [0.1, 0.15) is 0 Å². The fraction of sp³-hybridized carbons (Fsp3) is 1.00. The molecule has 0 aromatic carbocycles. The van der Waals surface area contributed by atoms with Gasteiger partial charge in [0.15, 0.2) is 0 Å². The van der Waals surface area contributed by atoms with Gasteiger partial charge in [-0.05, 0) is 58.5 Å². The third-order valence-corrected chi connectivity index (χ3v) is 5.26. The molecule has 16 heavy (non-hydrogen) atoms. The van der Waals surface area contributed by atoms with Crippen molar-refractivity contribution in [1.82, 2.24) is 0 Å². The maximum atomic E-state index is 9.27. The van der Waals surface area contributed by atoms with Crippen molar-refractivity contribution in [3.63, 3.8) is 0 Å². The molecule has 0 spiro atoms. The van der Waals surface area contributed by atoms with Crippen LogP contribution in [0.2, 0.25) is 0 Å². The Morgan fingerprint density at radius 1 is 0.688 bits per heavy atom. The molecule has 98 valence electrons. The minimum Gasteiger partial charge on any atom is -0.393 e. The lowest BCUT2D eigenvalue weighted by Crippen LogP contribution is -2.10. The summed E-state index contributed by atoms with van der Waals surface area (Å²) in [4.78, 5) is 0. The normalized spacial score (nSPS) is 19.1. The fourth-order valence-electron chi connectivity index (χ4n) is 1.44. The summed E-state index contributed by atoms with van der Waals surface area (Å²) in [6.45, 7) is 5.45. The van der Waals surface area contributed by atoms with Crippen molar-refractivity contribution in [2.45, 2.75) is 58.3 Å². The van der Waals surface area contributed by atoms with Crippen molar-refractivity contribution in [1.29, 1.82) is 0 Å². The molecule has 0 aromatic rings. The molecular weight excluding hydrogens is 223 g/mol. The lowest BCUT2D eigenvalue weighted by molar-refractivity contribution is 0.189. The van der Waals surface area contributed by atoms with E-state index in [1.165, 1.54) is 0 Å². The molecule has 0 fully saturated rings. The number of hydrogen-bond acceptors (Lipinski definition) is 3. The Kier molecular flexibility index (Phi) is 9.53. The first-order valence-electron chi connectivity index (χ1n) is 6.18. The zero-order valence-electron chi connectivity index (χ0n) is 10.8. The highest BCUT2D eigenvalue weighted by Gasteiger charge is 2.11. The minimum atomic E-state index is -0.233. The van der Waals surface area contributed by atoms with Crippen molar-refractivity contribution < 1.29 is 15.3 Å². The summed E-state index contributed by atoms with van der Waals surface area (Å²) in [5, 5.41) is 27.8. The van der Waals surface area contributed by atoms with Gasteiger partial charge in [-0.25, -0.2) is 0 Å². The molecule has 0 aliphatic rings. The SMILES string of the molecule is CC(O)CCP(CCC(C)O)CCC(C)O. The van der Waals surface area contributed by atoms with Crippen LogP contribution in [0.25, 0.3) is 0 Å². The van der Waals surface area contributed by atoms with Gasteiger partial charge < -0.3 is 15.3 Å². The standard InChI is InChI=1S/C12H27O3P/c1-10(13)4-7-16(8-5-11(2)14)9-6-12(3)15/h10-15H,4-9H2,1-3H3. The van der Waals surface area contributed by atoms with E-state index < -0.39 is 0 Å². The van der Waals surface area contributed by atoms with Gasteiger partial charge in [0.05, 0.1) is 18.3 Å². The van der Waals surface area contributed by atoms with E-state index in [1.54, 1.807) is 0 Å². The monoisotopic (exact) mass is 250 g/mol. The van der Waals surface area contributed by atoms with Crippen LogP contribution in [-0.2, 0) is 0 Å². The van der Waals surface area contributed by atoms with Crippen molar-refractivity contribution in [2.75, 3.05) is 18.5 Å². The summed E-state index contributed by atoms with van der Waals surface area (Å²) in [6, 6.07) is 0. The highest BCUT2D eigenvalue weighted by atomic mass is 31.1. The summed E-state index contributed by atoms with van der Waals surface area (Å²) >= 11 is 0. The van der Waals surface area contributed by atoms with Crippen molar-refractivity contribution in [3.05, 3.63) is 0 Å². The molecule has 0 aliphatic carbocycles. The van der Waals surface area contributed by atoms with Gasteiger partial charge in [0.25, 0.3) is 0 Å². The number of aliphatic hydroxyl groups excluding tert-OH is 3. The van der Waals surface area contributed by atoms with Crippen LogP contribution in [0.3, 0.4) is 0 Å². The first-order chi connectivity index (χ1) is 7.41. The summed E-state index contributed by atoms with van der Waals surface area (Å²) in [6.07, 6.45) is 4.96. The van der Waals surface area contributed by atoms with E-state index in [0.717, 1.165) is 37.7 Å². The molecule has 3 unspecified atom stereocenters. The lowest BCUT2D eigenvalue weighted by atomic mass is 10.3. The largest absolute Gasteiger partial charge is 0.393 e. The van der Waals surface area contributed by atoms with E-state index >= 15 is 0 Å². The average Bonchev–Trinajstić information content (AvgIpc) is 2.15. The predicted molar refractivity (Wildman–Crippen MR) is 70.4 cm³/mol. The summed E-state index contributed by atoms with van der Waals surface area (Å²) < 4.78 is 0. The number of rotatable bonds is 9. The molecule has 3 nitrogen and oxygen atoms in total. The first-order valence-corrected chi connectivity index (χ1v) is 8.08.